The highest BCUT2D eigenvalue weighted by Gasteiger charge is 2.30. The molecule has 0 amide bonds. The summed E-state index contributed by atoms with van der Waals surface area (Å²) in [5.41, 5.74) is 11.5. The van der Waals surface area contributed by atoms with Gasteiger partial charge in [-0.15, -0.1) is 0 Å². The van der Waals surface area contributed by atoms with Crippen molar-refractivity contribution in [2.24, 2.45) is 21.6 Å². The molecular weight excluding hydrogens is 579 g/mol. The summed E-state index contributed by atoms with van der Waals surface area (Å²) in [6.07, 6.45) is 2.03. The number of hydrogen-bond donors (Lipinski definition) is 1. The number of ether oxygens (including phenoxy) is 1. The van der Waals surface area contributed by atoms with Crippen LogP contribution in [0.5, 0.6) is 5.75 Å². The Balaban J connectivity index is 0. The first-order valence-corrected chi connectivity index (χ1v) is 13.5. The Kier molecular flexibility index (Phi) is 18.9. The third-order valence-electron chi connectivity index (χ3n) is 5.41. The van der Waals surface area contributed by atoms with Crippen LogP contribution in [0.3, 0.4) is 0 Å². The lowest BCUT2D eigenvalue weighted by molar-refractivity contribution is -0.137. The molecule has 1 heterocycles. The molecule has 0 unspecified atom stereocenters. The van der Waals surface area contributed by atoms with E-state index in [2.05, 4.69) is 59.5 Å². The minimum absolute atomic E-state index is 0. The molecule has 0 atom stereocenters. The smallest absolute Gasteiger partial charge is 0.416 e. The van der Waals surface area contributed by atoms with Crippen LogP contribution in [0.25, 0.3) is 0 Å². The number of unbranched alkanes of at least 4 members (excludes halogenated alkanes) is 1. The van der Waals surface area contributed by atoms with Crippen LogP contribution in [0, 0.1) is 12.8 Å². The third-order valence-corrected chi connectivity index (χ3v) is 6.41. The Morgan fingerprint density at radius 3 is 2.17 bits per heavy atom. The van der Waals surface area contributed by atoms with Crippen LogP contribution in [-0.4, -0.2) is 18.0 Å². The molecule has 224 valence electrons. The van der Waals surface area contributed by atoms with Crippen LogP contribution in [0.15, 0.2) is 87.2 Å². The van der Waals surface area contributed by atoms with Gasteiger partial charge in [0.25, 0.3) is 0 Å². The summed E-state index contributed by atoms with van der Waals surface area (Å²) in [5.74, 6) is 1.10. The second kappa shape index (κ2) is 19.2. The number of nitrogens with two attached hydrogens (primary N) is 1. The quantitative estimate of drug-likeness (QED) is 0.219. The lowest BCUT2D eigenvalue weighted by Gasteiger charge is -2.12. The van der Waals surface area contributed by atoms with Gasteiger partial charge >= 0.3 is 6.18 Å². The van der Waals surface area contributed by atoms with Gasteiger partial charge in [-0.3, -0.25) is 9.98 Å². The minimum Gasteiger partial charge on any atom is -0.493 e. The normalized spacial score (nSPS) is 13.3. The molecule has 0 spiro atoms. The Morgan fingerprint density at radius 2 is 1.82 bits per heavy atom. The first-order chi connectivity index (χ1) is 18.1. The van der Waals surface area contributed by atoms with Crippen LogP contribution in [0.2, 0.25) is 0 Å². The van der Waals surface area contributed by atoms with E-state index in [1.54, 1.807) is 13.8 Å². The molecule has 2 rings (SSSR count). The predicted molar refractivity (Wildman–Crippen MR) is 171 cm³/mol. The fourth-order valence-corrected chi connectivity index (χ4v) is 3.45. The third kappa shape index (κ3) is 14.5. The lowest BCUT2D eigenvalue weighted by atomic mass is 10.00. The number of nitrogens with zero attached hydrogens (tertiary/aromatic N) is 2. The summed E-state index contributed by atoms with van der Waals surface area (Å²) in [6, 6.07) is 3.55. The summed E-state index contributed by atoms with van der Waals surface area (Å²) in [5, 5.41) is 0. The minimum atomic E-state index is -4.29. The molecule has 2 N–H and O–H groups in total. The summed E-state index contributed by atoms with van der Waals surface area (Å²) >= 11 is 3.33. The van der Waals surface area contributed by atoms with Gasteiger partial charge < -0.3 is 10.5 Å². The fraction of sp³-hybridized carbons (Fsp3) is 0.438. The van der Waals surface area contributed by atoms with E-state index in [0.29, 0.717) is 29.5 Å². The number of hydrogen-bond acceptors (Lipinski definition) is 4. The molecule has 0 saturated heterocycles. The van der Waals surface area contributed by atoms with E-state index in [9.17, 15) is 13.2 Å². The van der Waals surface area contributed by atoms with Crippen molar-refractivity contribution in [3.8, 4) is 5.75 Å². The van der Waals surface area contributed by atoms with Gasteiger partial charge in [-0.05, 0) is 90.9 Å². The van der Waals surface area contributed by atoms with Gasteiger partial charge in [0, 0.05) is 30.2 Å². The number of allylic oxidation sites excluding steroid dienone is 5. The molecule has 8 heteroatoms. The Hall–Kier alpha value is -2.87. The Morgan fingerprint density at radius 1 is 1.23 bits per heavy atom. The van der Waals surface area contributed by atoms with Crippen molar-refractivity contribution in [2.45, 2.75) is 81.3 Å². The zero-order valence-corrected chi connectivity index (χ0v) is 25.9. The summed E-state index contributed by atoms with van der Waals surface area (Å²) < 4.78 is 43.2. The average Bonchev–Trinajstić information content (AvgIpc) is 3.34. The number of alkyl halides is 3. The molecule has 0 aromatic heterocycles. The van der Waals surface area contributed by atoms with E-state index < -0.39 is 11.7 Å². The van der Waals surface area contributed by atoms with Crippen molar-refractivity contribution in [1.29, 1.82) is 0 Å². The number of rotatable bonds is 9. The van der Waals surface area contributed by atoms with Crippen LogP contribution >= 0.6 is 15.9 Å². The van der Waals surface area contributed by atoms with Gasteiger partial charge in [0.1, 0.15) is 5.75 Å². The van der Waals surface area contributed by atoms with Gasteiger partial charge in [-0.1, -0.05) is 59.9 Å². The van der Waals surface area contributed by atoms with Crippen molar-refractivity contribution in [3.63, 3.8) is 0 Å². The van der Waals surface area contributed by atoms with E-state index in [-0.39, 0.29) is 7.43 Å². The molecule has 0 fully saturated rings. The lowest BCUT2D eigenvalue weighted by Crippen LogP contribution is -2.06. The molecule has 40 heavy (non-hydrogen) atoms. The molecule has 1 aromatic rings. The van der Waals surface area contributed by atoms with Gasteiger partial charge in [0.2, 0.25) is 0 Å². The number of halogens is 4. The largest absolute Gasteiger partial charge is 0.493 e. The second-order valence-electron chi connectivity index (χ2n) is 9.50. The highest BCUT2D eigenvalue weighted by atomic mass is 79.9. The SMILES string of the molecule is C.C=C(C)C1=CN=C(C(C)C)C1.C=CN=C(C(=C)C)/C(Br)=C(\C)N.CCCCOc1ccc(C(F)(F)F)cc1C. The van der Waals surface area contributed by atoms with Gasteiger partial charge in [-0.25, -0.2) is 0 Å². The molecule has 0 aliphatic carbocycles. The van der Waals surface area contributed by atoms with Crippen LogP contribution in [0.4, 0.5) is 13.2 Å². The van der Waals surface area contributed by atoms with Crippen molar-refractivity contribution < 1.29 is 17.9 Å². The highest BCUT2D eigenvalue weighted by molar-refractivity contribution is 9.12. The maximum Gasteiger partial charge on any atom is 0.416 e. The summed E-state index contributed by atoms with van der Waals surface area (Å²) in [4.78, 5) is 8.37. The first kappa shape index (κ1) is 39.3. The maximum atomic E-state index is 12.4. The van der Waals surface area contributed by atoms with Crippen molar-refractivity contribution in [3.05, 3.63) is 88.4 Å². The van der Waals surface area contributed by atoms with Gasteiger partial charge in [0.15, 0.2) is 0 Å². The molecule has 1 aliphatic rings. The Labute approximate surface area is 248 Å². The molecule has 0 bridgehead atoms. The van der Waals surface area contributed by atoms with Crippen molar-refractivity contribution in [1.82, 2.24) is 0 Å². The molecule has 1 aliphatic heterocycles. The van der Waals surface area contributed by atoms with E-state index in [1.165, 1.54) is 23.6 Å². The summed E-state index contributed by atoms with van der Waals surface area (Å²) in [6.45, 7) is 25.4. The molecule has 4 nitrogen and oxygen atoms in total. The molecular formula is C32H47BrF3N3O. The number of aryl methyl sites for hydroxylation is 1. The number of aliphatic imine (C=N–C) groups is 2. The highest BCUT2D eigenvalue weighted by Crippen LogP contribution is 2.32. The fourth-order valence-electron chi connectivity index (χ4n) is 3.01. The van der Waals surface area contributed by atoms with E-state index in [0.717, 1.165) is 52.7 Å². The second-order valence-corrected chi connectivity index (χ2v) is 10.3. The van der Waals surface area contributed by atoms with Crippen molar-refractivity contribution >= 4 is 27.4 Å². The van der Waals surface area contributed by atoms with E-state index in [4.69, 9.17) is 10.5 Å². The zero-order chi connectivity index (χ0) is 30.3. The monoisotopic (exact) mass is 625 g/mol. The number of benzene rings is 1. The summed E-state index contributed by atoms with van der Waals surface area (Å²) in [7, 11) is 0. The first-order valence-electron chi connectivity index (χ1n) is 12.8. The van der Waals surface area contributed by atoms with E-state index >= 15 is 0 Å². The van der Waals surface area contributed by atoms with Crippen LogP contribution in [-0.2, 0) is 6.18 Å². The average molecular weight is 627 g/mol. The molecule has 0 saturated carbocycles. The van der Waals surface area contributed by atoms with Crippen LogP contribution < -0.4 is 10.5 Å². The standard InChI is InChI=1S/C12H15F3O.C10H15N.C9H13BrN2.CH4/c1-3-4-7-16-11-6-5-10(8-9(11)2)12(13,14)15;1-7(2)9-5-10(8(3)4)11-6-9;1-5-12-9(6(2)3)8(10)7(4)11;/h5-6,8H,3-4,7H2,1-2H3;6,8H,1,5H2,2-4H3;5H,1-2,11H2,3-4H3;1H4/b;;8-7-,12-9?;. The Bertz CT molecular complexity index is 1120. The van der Waals surface area contributed by atoms with E-state index in [1.807, 2.05) is 27.0 Å². The van der Waals surface area contributed by atoms with Crippen LogP contribution in [0.1, 0.15) is 79.4 Å². The molecule has 1 aromatic carbocycles. The van der Waals surface area contributed by atoms with Gasteiger partial charge in [0.05, 0.1) is 22.4 Å². The topological polar surface area (TPSA) is 60.0 Å². The molecule has 0 radical (unpaired) electrons. The van der Waals surface area contributed by atoms with Gasteiger partial charge in [-0.2, -0.15) is 13.2 Å². The zero-order valence-electron chi connectivity index (χ0n) is 24.3. The predicted octanol–water partition coefficient (Wildman–Crippen LogP) is 10.5. The maximum absolute atomic E-state index is 12.4. The van der Waals surface area contributed by atoms with Crippen molar-refractivity contribution in [2.75, 3.05) is 6.61 Å².